The zero-order valence-electron chi connectivity index (χ0n) is 23.8. The summed E-state index contributed by atoms with van der Waals surface area (Å²) in [5.74, 6) is 2.21. The number of benzene rings is 2. The third kappa shape index (κ3) is 6.38. The number of methoxy groups -OCH3 is 3. The van der Waals surface area contributed by atoms with Gasteiger partial charge in [-0.05, 0) is 57.9 Å². The van der Waals surface area contributed by atoms with Crippen LogP contribution in [-0.2, 0) is 4.79 Å². The molecule has 0 saturated carbocycles. The molecule has 7 nitrogen and oxygen atoms in total. The van der Waals surface area contributed by atoms with E-state index in [1.165, 1.54) is 5.69 Å². The number of carbonyl (C=O) groups excluding carboxylic acids is 1. The lowest BCUT2D eigenvalue weighted by molar-refractivity contribution is -0.128. The largest absolute Gasteiger partial charge is 0.496 e. The lowest BCUT2D eigenvalue weighted by Gasteiger charge is -2.31. The predicted octanol–water partition coefficient (Wildman–Crippen LogP) is 6.49. The fourth-order valence-corrected chi connectivity index (χ4v) is 6.08. The maximum Gasteiger partial charge on any atom is 0.249 e. The summed E-state index contributed by atoms with van der Waals surface area (Å²) in [6.07, 6.45) is 3.67. The minimum absolute atomic E-state index is 0.0402. The van der Waals surface area contributed by atoms with Crippen molar-refractivity contribution in [3.8, 4) is 28.5 Å². The monoisotopic (exact) mass is 549 g/mol. The molecular weight excluding hydrogens is 510 g/mol. The fourth-order valence-electron chi connectivity index (χ4n) is 5.08. The SMILES string of the molecule is CCN(CC)c1ccc(-c2csc(C3CCN(C(=O)C(C)=Cc4cc(OC)c(OC)cc4OC)CC3)n2)cc1. The van der Waals surface area contributed by atoms with Crippen LogP contribution in [0.25, 0.3) is 17.3 Å². The average molecular weight is 550 g/mol. The average Bonchev–Trinajstić information content (AvgIpc) is 3.48. The second-order valence-corrected chi connectivity index (χ2v) is 10.5. The van der Waals surface area contributed by atoms with Gasteiger partial charge in [0.25, 0.3) is 0 Å². The van der Waals surface area contributed by atoms with Crippen LogP contribution in [0.4, 0.5) is 5.69 Å². The van der Waals surface area contributed by atoms with Crippen molar-refractivity contribution in [3.05, 3.63) is 57.9 Å². The van der Waals surface area contributed by atoms with Gasteiger partial charge in [-0.15, -0.1) is 11.3 Å². The number of likely N-dealkylation sites (tertiary alicyclic amines) is 1. The quantitative estimate of drug-likeness (QED) is 0.269. The number of rotatable bonds is 10. The molecule has 0 atom stereocenters. The number of aromatic nitrogens is 1. The first-order valence-electron chi connectivity index (χ1n) is 13.5. The van der Waals surface area contributed by atoms with E-state index in [2.05, 4.69) is 48.4 Å². The highest BCUT2D eigenvalue weighted by Gasteiger charge is 2.26. The van der Waals surface area contributed by atoms with Gasteiger partial charge in [0.1, 0.15) is 5.75 Å². The third-order valence-electron chi connectivity index (χ3n) is 7.39. The lowest BCUT2D eigenvalue weighted by Crippen LogP contribution is -2.38. The van der Waals surface area contributed by atoms with E-state index in [-0.39, 0.29) is 5.91 Å². The molecule has 4 rings (SSSR count). The zero-order chi connectivity index (χ0) is 27.9. The summed E-state index contributed by atoms with van der Waals surface area (Å²) in [4.78, 5) is 22.5. The minimum atomic E-state index is 0.0402. The Bertz CT molecular complexity index is 1290. The standard InChI is InChI=1S/C31H39N3O4S/c1-7-33(8-2)25-11-9-22(10-12-25)26-20-39-30(32-26)23-13-15-34(16-14-23)31(35)21(3)17-24-18-28(37-5)29(38-6)19-27(24)36-4/h9-12,17-20,23H,7-8,13-16H2,1-6H3. The van der Waals surface area contributed by atoms with Gasteiger partial charge in [0, 0.05) is 65.9 Å². The van der Waals surface area contributed by atoms with Crippen molar-refractivity contribution in [2.24, 2.45) is 0 Å². The van der Waals surface area contributed by atoms with E-state index in [1.54, 1.807) is 38.7 Å². The Morgan fingerprint density at radius 1 is 1.00 bits per heavy atom. The Morgan fingerprint density at radius 2 is 1.62 bits per heavy atom. The summed E-state index contributed by atoms with van der Waals surface area (Å²) >= 11 is 1.73. The number of ether oxygens (including phenoxy) is 3. The molecule has 0 spiro atoms. The van der Waals surface area contributed by atoms with E-state index in [0.29, 0.717) is 41.8 Å². The van der Waals surface area contributed by atoms with Crippen molar-refractivity contribution in [3.63, 3.8) is 0 Å². The van der Waals surface area contributed by atoms with Crippen LogP contribution in [0.1, 0.15) is 50.1 Å². The highest BCUT2D eigenvalue weighted by atomic mass is 32.1. The Kier molecular flexibility index (Phi) is 9.51. The van der Waals surface area contributed by atoms with Gasteiger partial charge < -0.3 is 24.0 Å². The first kappa shape index (κ1) is 28.5. The van der Waals surface area contributed by atoms with Crippen LogP contribution in [0.5, 0.6) is 17.2 Å². The number of amides is 1. The smallest absolute Gasteiger partial charge is 0.249 e. The molecule has 208 valence electrons. The maximum absolute atomic E-state index is 13.3. The van der Waals surface area contributed by atoms with Gasteiger partial charge >= 0.3 is 0 Å². The number of hydrogen-bond donors (Lipinski definition) is 0. The molecule has 1 aromatic heterocycles. The molecule has 1 saturated heterocycles. The molecule has 1 aliphatic rings. The number of thiazole rings is 1. The fraction of sp³-hybridized carbons (Fsp3) is 0.419. The molecule has 0 aliphatic carbocycles. The molecule has 1 aliphatic heterocycles. The van der Waals surface area contributed by atoms with Crippen LogP contribution in [0, 0.1) is 0 Å². The second kappa shape index (κ2) is 13.0. The number of piperidine rings is 1. The normalized spacial score (nSPS) is 14.3. The molecule has 1 amide bonds. The lowest BCUT2D eigenvalue weighted by atomic mass is 9.96. The Balaban J connectivity index is 1.40. The molecule has 39 heavy (non-hydrogen) atoms. The summed E-state index contributed by atoms with van der Waals surface area (Å²) in [6.45, 7) is 9.63. The predicted molar refractivity (Wildman–Crippen MR) is 159 cm³/mol. The summed E-state index contributed by atoms with van der Waals surface area (Å²) in [6, 6.07) is 12.3. The van der Waals surface area contributed by atoms with E-state index < -0.39 is 0 Å². The zero-order valence-corrected chi connectivity index (χ0v) is 24.6. The number of nitrogens with zero attached hydrogens (tertiary/aromatic N) is 3. The van der Waals surface area contributed by atoms with Crippen molar-refractivity contribution in [1.82, 2.24) is 9.88 Å². The van der Waals surface area contributed by atoms with E-state index in [4.69, 9.17) is 19.2 Å². The molecule has 0 N–H and O–H groups in total. The van der Waals surface area contributed by atoms with Gasteiger partial charge in [0.15, 0.2) is 11.5 Å². The molecule has 2 aromatic carbocycles. The molecule has 0 unspecified atom stereocenters. The molecule has 0 radical (unpaired) electrons. The number of carbonyl (C=O) groups is 1. The van der Waals surface area contributed by atoms with Crippen molar-refractivity contribution in [2.45, 2.75) is 39.5 Å². The van der Waals surface area contributed by atoms with Crippen molar-refractivity contribution >= 4 is 29.0 Å². The van der Waals surface area contributed by atoms with Gasteiger partial charge in [-0.2, -0.15) is 0 Å². The Labute approximate surface area is 236 Å². The van der Waals surface area contributed by atoms with Crippen molar-refractivity contribution in [2.75, 3.05) is 52.4 Å². The number of hydrogen-bond acceptors (Lipinski definition) is 7. The summed E-state index contributed by atoms with van der Waals surface area (Å²) < 4.78 is 16.3. The minimum Gasteiger partial charge on any atom is -0.496 e. The summed E-state index contributed by atoms with van der Waals surface area (Å²) in [5, 5.41) is 3.31. The van der Waals surface area contributed by atoms with E-state index in [9.17, 15) is 4.79 Å². The topological polar surface area (TPSA) is 64.1 Å². The van der Waals surface area contributed by atoms with Crippen LogP contribution >= 0.6 is 11.3 Å². The molecule has 1 fully saturated rings. The third-order valence-corrected chi connectivity index (χ3v) is 8.40. The maximum atomic E-state index is 13.3. The van der Waals surface area contributed by atoms with Crippen LogP contribution in [0.2, 0.25) is 0 Å². The molecule has 3 aromatic rings. The van der Waals surface area contributed by atoms with Crippen LogP contribution in [0.15, 0.2) is 47.4 Å². The Hall–Kier alpha value is -3.52. The molecular formula is C31H39N3O4S. The highest BCUT2D eigenvalue weighted by Crippen LogP contribution is 2.37. The number of anilines is 1. The van der Waals surface area contributed by atoms with Gasteiger partial charge in [-0.3, -0.25) is 4.79 Å². The Morgan fingerprint density at radius 3 is 2.21 bits per heavy atom. The van der Waals surface area contributed by atoms with Crippen molar-refractivity contribution < 1.29 is 19.0 Å². The molecule has 0 bridgehead atoms. The summed E-state index contributed by atoms with van der Waals surface area (Å²) in [7, 11) is 4.78. The van der Waals surface area contributed by atoms with Crippen LogP contribution in [-0.4, -0.2) is 63.3 Å². The van der Waals surface area contributed by atoms with E-state index in [1.807, 2.05) is 24.0 Å². The first-order chi connectivity index (χ1) is 18.9. The second-order valence-electron chi connectivity index (χ2n) is 9.63. The van der Waals surface area contributed by atoms with E-state index in [0.717, 1.165) is 47.8 Å². The van der Waals surface area contributed by atoms with Gasteiger partial charge in [-0.1, -0.05) is 12.1 Å². The van der Waals surface area contributed by atoms with Gasteiger partial charge in [0.05, 0.1) is 32.0 Å². The highest BCUT2D eigenvalue weighted by molar-refractivity contribution is 7.10. The van der Waals surface area contributed by atoms with Gasteiger partial charge in [-0.25, -0.2) is 4.98 Å². The van der Waals surface area contributed by atoms with E-state index >= 15 is 0 Å². The summed E-state index contributed by atoms with van der Waals surface area (Å²) in [5.41, 5.74) is 4.85. The van der Waals surface area contributed by atoms with Crippen LogP contribution in [0.3, 0.4) is 0 Å². The van der Waals surface area contributed by atoms with Crippen molar-refractivity contribution in [1.29, 1.82) is 0 Å². The molecule has 2 heterocycles. The van der Waals surface area contributed by atoms with Gasteiger partial charge in [0.2, 0.25) is 5.91 Å². The first-order valence-corrected chi connectivity index (χ1v) is 14.4. The van der Waals surface area contributed by atoms with Crippen LogP contribution < -0.4 is 19.1 Å². The molecule has 8 heteroatoms.